The third kappa shape index (κ3) is 3.61. The Balaban J connectivity index is 2.19. The molecule has 1 aromatic rings. The van der Waals surface area contributed by atoms with Crippen molar-refractivity contribution in [2.45, 2.75) is 42.4 Å². The molecule has 1 fully saturated rings. The van der Waals surface area contributed by atoms with Crippen molar-refractivity contribution in [3.63, 3.8) is 0 Å². The van der Waals surface area contributed by atoms with Gasteiger partial charge < -0.3 is 9.67 Å². The van der Waals surface area contributed by atoms with Gasteiger partial charge in [0.1, 0.15) is 10.6 Å². The molecule has 2 N–H and O–H groups in total. The maximum Gasteiger partial charge on any atom is 0.352 e. The van der Waals surface area contributed by atoms with Gasteiger partial charge in [-0.3, -0.25) is 0 Å². The molecular formula is C13H20N2O4S2. The van der Waals surface area contributed by atoms with Crippen LogP contribution >= 0.6 is 11.8 Å². The van der Waals surface area contributed by atoms with Crippen LogP contribution in [-0.4, -0.2) is 41.6 Å². The lowest BCUT2D eigenvalue weighted by molar-refractivity contribution is 0.0685. The first-order valence-electron chi connectivity index (χ1n) is 6.82. The average Bonchev–Trinajstić information content (AvgIpc) is 3.09. The van der Waals surface area contributed by atoms with Crippen LogP contribution in [0.15, 0.2) is 17.2 Å². The summed E-state index contributed by atoms with van der Waals surface area (Å²) in [5.41, 5.74) is 0.00299. The lowest BCUT2D eigenvalue weighted by atomic mass is 10.4. The predicted molar refractivity (Wildman–Crippen MR) is 82.4 cm³/mol. The lowest BCUT2D eigenvalue weighted by Gasteiger charge is -2.12. The van der Waals surface area contributed by atoms with Crippen LogP contribution in [0.3, 0.4) is 0 Å². The molecule has 21 heavy (non-hydrogen) atoms. The highest BCUT2D eigenvalue weighted by molar-refractivity contribution is 8.00. The molecule has 6 nitrogen and oxygen atoms in total. The van der Waals surface area contributed by atoms with Gasteiger partial charge in [0.2, 0.25) is 10.0 Å². The summed E-state index contributed by atoms with van der Waals surface area (Å²) >= 11 is 1.67. The molecule has 8 heteroatoms. The maximum absolute atomic E-state index is 12.3. The van der Waals surface area contributed by atoms with Gasteiger partial charge in [-0.25, -0.2) is 17.9 Å². The Morgan fingerprint density at radius 3 is 2.67 bits per heavy atom. The molecular weight excluding hydrogens is 312 g/mol. The Bertz CT molecular complexity index is 633. The van der Waals surface area contributed by atoms with E-state index in [4.69, 9.17) is 5.11 Å². The highest BCUT2D eigenvalue weighted by Gasteiger charge is 2.42. The first-order chi connectivity index (χ1) is 9.83. The monoisotopic (exact) mass is 332 g/mol. The Kier molecular flexibility index (Phi) is 4.69. The molecule has 0 aromatic carbocycles. The molecule has 1 aromatic heterocycles. The fourth-order valence-electron chi connectivity index (χ4n) is 2.14. The molecule has 0 aliphatic heterocycles. The highest BCUT2D eigenvalue weighted by atomic mass is 32.2. The Hall–Kier alpha value is -0.990. The smallest absolute Gasteiger partial charge is 0.352 e. The van der Waals surface area contributed by atoms with Gasteiger partial charge >= 0.3 is 5.97 Å². The van der Waals surface area contributed by atoms with Crippen molar-refractivity contribution < 1.29 is 18.3 Å². The summed E-state index contributed by atoms with van der Waals surface area (Å²) in [5.74, 6) is -1.12. The molecule has 2 rings (SSSR count). The third-order valence-electron chi connectivity index (χ3n) is 3.69. The minimum atomic E-state index is -3.66. The van der Waals surface area contributed by atoms with Crippen molar-refractivity contribution >= 4 is 27.8 Å². The van der Waals surface area contributed by atoms with Crippen molar-refractivity contribution in [2.75, 3.05) is 12.8 Å². The summed E-state index contributed by atoms with van der Waals surface area (Å²) < 4.78 is 28.7. The van der Waals surface area contributed by atoms with Crippen molar-refractivity contribution in [1.82, 2.24) is 9.29 Å². The van der Waals surface area contributed by atoms with Gasteiger partial charge in [-0.15, -0.1) is 0 Å². The fraction of sp³-hybridized carbons (Fsp3) is 0.615. The van der Waals surface area contributed by atoms with Crippen LogP contribution in [0.4, 0.5) is 0 Å². The van der Waals surface area contributed by atoms with E-state index >= 15 is 0 Å². The molecule has 0 unspecified atom stereocenters. The number of hydrogen-bond acceptors (Lipinski definition) is 4. The van der Waals surface area contributed by atoms with Gasteiger partial charge in [0, 0.05) is 24.0 Å². The van der Waals surface area contributed by atoms with E-state index in [0.29, 0.717) is 13.1 Å². The summed E-state index contributed by atoms with van der Waals surface area (Å²) in [5, 5.41) is 9.14. The second-order valence-electron chi connectivity index (χ2n) is 5.27. The van der Waals surface area contributed by atoms with Crippen molar-refractivity contribution in [3.05, 3.63) is 18.0 Å². The maximum atomic E-state index is 12.3. The van der Waals surface area contributed by atoms with E-state index in [9.17, 15) is 13.2 Å². The number of carbonyl (C=O) groups is 1. The van der Waals surface area contributed by atoms with E-state index < -0.39 is 16.0 Å². The van der Waals surface area contributed by atoms with Gasteiger partial charge in [-0.1, -0.05) is 6.92 Å². The summed E-state index contributed by atoms with van der Waals surface area (Å²) in [6, 6.07) is 1.22. The number of carboxylic acid groups (broad SMARTS) is 1. The van der Waals surface area contributed by atoms with E-state index in [0.717, 1.165) is 19.3 Å². The van der Waals surface area contributed by atoms with Gasteiger partial charge in [0.15, 0.2) is 0 Å². The van der Waals surface area contributed by atoms with Crippen molar-refractivity contribution in [3.8, 4) is 0 Å². The van der Waals surface area contributed by atoms with E-state index in [1.54, 1.807) is 11.8 Å². The standard InChI is InChI=1S/C13H20N2O4S2/c1-3-6-15-8-10(7-11(15)12(16)17)21(18,19)14-9-13(20-2)4-5-13/h7-8,14H,3-6,9H2,1-2H3,(H,16,17). The largest absolute Gasteiger partial charge is 0.477 e. The zero-order chi connectivity index (χ0) is 15.7. The molecule has 1 heterocycles. The summed E-state index contributed by atoms with van der Waals surface area (Å²) in [6.45, 7) is 2.77. The third-order valence-corrected chi connectivity index (χ3v) is 6.48. The normalized spacial score (nSPS) is 16.9. The van der Waals surface area contributed by atoms with Crippen molar-refractivity contribution in [2.24, 2.45) is 0 Å². The van der Waals surface area contributed by atoms with E-state index in [2.05, 4.69) is 4.72 Å². The van der Waals surface area contributed by atoms with E-state index in [-0.39, 0.29) is 15.3 Å². The summed E-state index contributed by atoms with van der Waals surface area (Å²) in [6.07, 6.45) is 6.12. The van der Waals surface area contributed by atoms with Crippen LogP contribution in [0.2, 0.25) is 0 Å². The number of rotatable bonds is 8. The minimum absolute atomic E-state index is 0.00299. The number of nitrogens with one attached hydrogen (secondary N) is 1. The van der Waals surface area contributed by atoms with Crippen LogP contribution in [0.1, 0.15) is 36.7 Å². The number of aryl methyl sites for hydroxylation is 1. The molecule has 0 bridgehead atoms. The van der Waals surface area contributed by atoms with Crippen molar-refractivity contribution in [1.29, 1.82) is 0 Å². The van der Waals surface area contributed by atoms with Gasteiger partial charge in [-0.2, -0.15) is 11.8 Å². The molecule has 1 saturated carbocycles. The molecule has 1 aliphatic rings. The number of thioether (sulfide) groups is 1. The topological polar surface area (TPSA) is 88.4 Å². The molecule has 0 radical (unpaired) electrons. The molecule has 1 aliphatic carbocycles. The zero-order valence-corrected chi connectivity index (χ0v) is 13.8. The van der Waals surface area contributed by atoms with Crippen LogP contribution in [0.5, 0.6) is 0 Å². The Morgan fingerprint density at radius 1 is 1.52 bits per heavy atom. The Labute approximate surface area is 129 Å². The predicted octanol–water partition coefficient (Wildman–Crippen LogP) is 1.77. The number of aromatic carboxylic acids is 1. The van der Waals surface area contributed by atoms with Crippen LogP contribution in [0, 0.1) is 0 Å². The first kappa shape index (κ1) is 16.4. The number of carboxylic acids is 1. The van der Waals surface area contributed by atoms with Crippen LogP contribution in [-0.2, 0) is 16.6 Å². The van der Waals surface area contributed by atoms with E-state index in [1.165, 1.54) is 16.8 Å². The molecule has 118 valence electrons. The number of hydrogen-bond donors (Lipinski definition) is 2. The zero-order valence-electron chi connectivity index (χ0n) is 12.1. The lowest BCUT2D eigenvalue weighted by Crippen LogP contribution is -2.31. The highest BCUT2D eigenvalue weighted by Crippen LogP contribution is 2.46. The average molecular weight is 332 g/mol. The molecule has 0 amide bonds. The second-order valence-corrected chi connectivity index (χ2v) is 8.31. The number of aromatic nitrogens is 1. The summed E-state index contributed by atoms with van der Waals surface area (Å²) in [4.78, 5) is 11.2. The van der Waals surface area contributed by atoms with Crippen LogP contribution in [0.25, 0.3) is 0 Å². The quantitative estimate of drug-likeness (QED) is 0.757. The van der Waals surface area contributed by atoms with Gasteiger partial charge in [0.25, 0.3) is 0 Å². The SMILES string of the molecule is CCCn1cc(S(=O)(=O)NCC2(SC)CC2)cc1C(=O)O. The van der Waals surface area contributed by atoms with Gasteiger partial charge in [-0.05, 0) is 31.6 Å². The molecule has 0 atom stereocenters. The first-order valence-corrected chi connectivity index (χ1v) is 9.52. The Morgan fingerprint density at radius 2 is 2.19 bits per heavy atom. The van der Waals surface area contributed by atoms with E-state index in [1.807, 2.05) is 13.2 Å². The fourth-order valence-corrected chi connectivity index (χ4v) is 4.12. The summed E-state index contributed by atoms with van der Waals surface area (Å²) in [7, 11) is -3.66. The molecule has 0 saturated heterocycles. The van der Waals surface area contributed by atoms with Gasteiger partial charge in [0.05, 0.1) is 0 Å². The number of nitrogens with zero attached hydrogens (tertiary/aromatic N) is 1. The second kappa shape index (κ2) is 6.02. The van der Waals surface area contributed by atoms with Crippen LogP contribution < -0.4 is 4.72 Å². The molecule has 0 spiro atoms. The minimum Gasteiger partial charge on any atom is -0.477 e. The number of sulfonamides is 1.